The molecule has 0 radical (unpaired) electrons. The molecule has 0 bridgehead atoms. The zero-order valence-electron chi connectivity index (χ0n) is 11.1. The average Bonchev–Trinajstić information content (AvgIpc) is 2.38. The van der Waals surface area contributed by atoms with Crippen LogP contribution in [-0.2, 0) is 4.79 Å². The first kappa shape index (κ1) is 13.1. The number of piperidine rings is 1. The number of amides is 1. The molecule has 1 fully saturated rings. The van der Waals surface area contributed by atoms with Gasteiger partial charge < -0.3 is 5.32 Å². The molecule has 2 unspecified atom stereocenters. The summed E-state index contributed by atoms with van der Waals surface area (Å²) in [5.41, 5.74) is 1.26. The Morgan fingerprint density at radius 2 is 2.00 bits per heavy atom. The number of carbonyl (C=O) groups excluding carboxylic acids is 1. The molecule has 0 aliphatic carbocycles. The molecule has 1 heterocycles. The van der Waals surface area contributed by atoms with Crippen LogP contribution < -0.4 is 10.6 Å². The Morgan fingerprint density at radius 1 is 1.28 bits per heavy atom. The van der Waals surface area contributed by atoms with Gasteiger partial charge in [-0.05, 0) is 24.3 Å². The third kappa shape index (κ3) is 3.10. The van der Waals surface area contributed by atoms with Crippen LogP contribution in [0.2, 0.25) is 0 Å². The van der Waals surface area contributed by atoms with Crippen molar-refractivity contribution >= 4 is 5.91 Å². The van der Waals surface area contributed by atoms with Gasteiger partial charge in [0.15, 0.2) is 0 Å². The van der Waals surface area contributed by atoms with E-state index in [2.05, 4.69) is 36.6 Å². The molecule has 2 rings (SSSR count). The molecular weight excluding hydrogens is 224 g/mol. The van der Waals surface area contributed by atoms with Crippen LogP contribution in [0.15, 0.2) is 30.3 Å². The van der Waals surface area contributed by atoms with Crippen molar-refractivity contribution in [2.45, 2.75) is 38.8 Å². The van der Waals surface area contributed by atoms with Crippen molar-refractivity contribution in [1.29, 1.82) is 0 Å². The number of hydrogen-bond donors (Lipinski definition) is 2. The summed E-state index contributed by atoms with van der Waals surface area (Å²) in [6.45, 7) is 5.19. The van der Waals surface area contributed by atoms with E-state index in [9.17, 15) is 4.79 Å². The maximum atomic E-state index is 11.8. The summed E-state index contributed by atoms with van der Waals surface area (Å²) in [6.07, 6.45) is 1.99. The number of nitrogens with one attached hydrogen (secondary N) is 2. The third-order valence-electron chi connectivity index (χ3n) is 3.49. The minimum absolute atomic E-state index is 0.0497. The van der Waals surface area contributed by atoms with Crippen molar-refractivity contribution in [2.24, 2.45) is 5.92 Å². The van der Waals surface area contributed by atoms with E-state index >= 15 is 0 Å². The van der Waals surface area contributed by atoms with E-state index in [0.717, 1.165) is 19.4 Å². The molecule has 0 spiro atoms. The van der Waals surface area contributed by atoms with Crippen LogP contribution in [0.25, 0.3) is 0 Å². The highest BCUT2D eigenvalue weighted by atomic mass is 16.2. The maximum absolute atomic E-state index is 11.8. The second-order valence-corrected chi connectivity index (χ2v) is 5.28. The molecule has 18 heavy (non-hydrogen) atoms. The lowest BCUT2D eigenvalue weighted by molar-refractivity contribution is -0.124. The Morgan fingerprint density at radius 3 is 2.61 bits per heavy atom. The van der Waals surface area contributed by atoms with Crippen LogP contribution in [-0.4, -0.2) is 18.5 Å². The van der Waals surface area contributed by atoms with E-state index in [1.807, 2.05) is 18.2 Å². The van der Waals surface area contributed by atoms with Crippen molar-refractivity contribution in [3.8, 4) is 0 Å². The smallest absolute Gasteiger partial charge is 0.237 e. The van der Waals surface area contributed by atoms with E-state index in [-0.39, 0.29) is 18.0 Å². The van der Waals surface area contributed by atoms with Crippen molar-refractivity contribution in [3.05, 3.63) is 35.9 Å². The van der Waals surface area contributed by atoms with Crippen LogP contribution in [0, 0.1) is 5.92 Å². The molecule has 1 aliphatic heterocycles. The summed E-state index contributed by atoms with van der Waals surface area (Å²) in [4.78, 5) is 11.8. The van der Waals surface area contributed by atoms with Gasteiger partial charge in [-0.2, -0.15) is 0 Å². The van der Waals surface area contributed by atoms with Crippen LogP contribution in [0.3, 0.4) is 0 Å². The van der Waals surface area contributed by atoms with Crippen molar-refractivity contribution < 1.29 is 4.79 Å². The van der Waals surface area contributed by atoms with Gasteiger partial charge in [0.1, 0.15) is 0 Å². The fourth-order valence-electron chi connectivity index (χ4n) is 2.48. The molecule has 1 aliphatic rings. The lowest BCUT2D eigenvalue weighted by Crippen LogP contribution is -2.50. The highest BCUT2D eigenvalue weighted by Crippen LogP contribution is 2.23. The van der Waals surface area contributed by atoms with Gasteiger partial charge in [-0.3, -0.25) is 10.1 Å². The zero-order valence-corrected chi connectivity index (χ0v) is 11.1. The van der Waals surface area contributed by atoms with Gasteiger partial charge in [0.25, 0.3) is 0 Å². The molecule has 2 atom stereocenters. The van der Waals surface area contributed by atoms with Gasteiger partial charge in [0.05, 0.1) is 6.04 Å². The molecule has 1 aromatic rings. The summed E-state index contributed by atoms with van der Waals surface area (Å²) in [7, 11) is 0. The number of benzene rings is 1. The van der Waals surface area contributed by atoms with Gasteiger partial charge in [0.2, 0.25) is 5.91 Å². The predicted molar refractivity (Wildman–Crippen MR) is 73.2 cm³/mol. The van der Waals surface area contributed by atoms with Crippen LogP contribution in [0.5, 0.6) is 0 Å². The first-order valence-electron chi connectivity index (χ1n) is 6.77. The SMILES string of the molecule is CC(C)C(NC1CCCNC1=O)c1ccccc1. The largest absolute Gasteiger partial charge is 0.355 e. The summed E-state index contributed by atoms with van der Waals surface area (Å²) >= 11 is 0. The van der Waals surface area contributed by atoms with Gasteiger partial charge in [-0.1, -0.05) is 44.2 Å². The summed E-state index contributed by atoms with van der Waals surface area (Å²) in [6, 6.07) is 10.6. The molecule has 0 aromatic heterocycles. The second-order valence-electron chi connectivity index (χ2n) is 5.28. The second kappa shape index (κ2) is 6.01. The molecule has 98 valence electrons. The van der Waals surface area contributed by atoms with Gasteiger partial charge in [-0.25, -0.2) is 0 Å². The highest BCUT2D eigenvalue weighted by Gasteiger charge is 2.26. The quantitative estimate of drug-likeness (QED) is 0.855. The highest BCUT2D eigenvalue weighted by molar-refractivity contribution is 5.82. The van der Waals surface area contributed by atoms with Gasteiger partial charge >= 0.3 is 0 Å². The van der Waals surface area contributed by atoms with Crippen LogP contribution >= 0.6 is 0 Å². The third-order valence-corrected chi connectivity index (χ3v) is 3.49. The Hall–Kier alpha value is -1.35. The normalized spacial score (nSPS) is 21.7. The summed E-state index contributed by atoms with van der Waals surface area (Å²) in [5, 5.41) is 6.44. The topological polar surface area (TPSA) is 41.1 Å². The molecule has 0 saturated carbocycles. The lowest BCUT2D eigenvalue weighted by atomic mass is 9.94. The van der Waals surface area contributed by atoms with Crippen molar-refractivity contribution in [3.63, 3.8) is 0 Å². The number of hydrogen-bond acceptors (Lipinski definition) is 2. The van der Waals surface area contributed by atoms with Crippen molar-refractivity contribution in [2.75, 3.05) is 6.54 Å². The van der Waals surface area contributed by atoms with Gasteiger partial charge in [-0.15, -0.1) is 0 Å². The zero-order chi connectivity index (χ0) is 13.0. The molecule has 3 heteroatoms. The Kier molecular flexibility index (Phi) is 4.37. The minimum atomic E-state index is -0.0497. The molecule has 1 saturated heterocycles. The monoisotopic (exact) mass is 246 g/mol. The molecular formula is C15H22N2O. The lowest BCUT2D eigenvalue weighted by Gasteiger charge is -2.30. The van der Waals surface area contributed by atoms with Crippen LogP contribution in [0.1, 0.15) is 38.3 Å². The van der Waals surface area contributed by atoms with E-state index in [4.69, 9.17) is 0 Å². The average molecular weight is 246 g/mol. The Balaban J connectivity index is 2.09. The van der Waals surface area contributed by atoms with E-state index in [0.29, 0.717) is 5.92 Å². The van der Waals surface area contributed by atoms with E-state index in [1.165, 1.54) is 5.56 Å². The Bertz CT molecular complexity index is 389. The van der Waals surface area contributed by atoms with Crippen molar-refractivity contribution in [1.82, 2.24) is 10.6 Å². The van der Waals surface area contributed by atoms with Crippen LogP contribution in [0.4, 0.5) is 0 Å². The first-order chi connectivity index (χ1) is 8.68. The van der Waals surface area contributed by atoms with E-state index < -0.39 is 0 Å². The molecule has 1 amide bonds. The molecule has 2 N–H and O–H groups in total. The molecule has 3 nitrogen and oxygen atoms in total. The Labute approximate surface area is 109 Å². The number of carbonyl (C=O) groups is 1. The fraction of sp³-hybridized carbons (Fsp3) is 0.533. The van der Waals surface area contributed by atoms with E-state index in [1.54, 1.807) is 0 Å². The summed E-state index contributed by atoms with van der Waals surface area (Å²) in [5.74, 6) is 0.602. The number of rotatable bonds is 4. The fourth-order valence-corrected chi connectivity index (χ4v) is 2.48. The molecule has 1 aromatic carbocycles. The summed E-state index contributed by atoms with van der Waals surface area (Å²) < 4.78 is 0. The maximum Gasteiger partial charge on any atom is 0.237 e. The predicted octanol–water partition coefficient (Wildman–Crippen LogP) is 2.25. The van der Waals surface area contributed by atoms with Gasteiger partial charge in [0, 0.05) is 12.6 Å². The first-order valence-corrected chi connectivity index (χ1v) is 6.77. The minimum Gasteiger partial charge on any atom is -0.355 e. The standard InChI is InChI=1S/C15H22N2O/c1-11(2)14(12-7-4-3-5-8-12)17-13-9-6-10-16-15(13)18/h3-5,7-8,11,13-14,17H,6,9-10H2,1-2H3,(H,16,18).